The number of hydrogen-bond acceptors (Lipinski definition) is 6. The van der Waals surface area contributed by atoms with Crippen molar-refractivity contribution in [1.82, 2.24) is 4.98 Å². The highest BCUT2D eigenvalue weighted by Crippen LogP contribution is 2.33. The Kier molecular flexibility index (Phi) is 5.22. The quantitative estimate of drug-likeness (QED) is 0.680. The molecule has 8 heteroatoms. The van der Waals surface area contributed by atoms with Gasteiger partial charge in [-0.3, -0.25) is 4.98 Å². The second kappa shape index (κ2) is 7.74. The van der Waals surface area contributed by atoms with Crippen molar-refractivity contribution in [3.05, 3.63) is 53.7 Å². The van der Waals surface area contributed by atoms with E-state index in [0.29, 0.717) is 27.9 Å². The number of nitrogens with zero attached hydrogens (tertiary/aromatic N) is 2. The van der Waals surface area contributed by atoms with E-state index >= 15 is 0 Å². The lowest BCUT2D eigenvalue weighted by atomic mass is 10.1. The molecule has 0 aliphatic heterocycles. The number of para-hydroxylation sites is 1. The Morgan fingerprint density at radius 1 is 1.30 bits per heavy atom. The van der Waals surface area contributed by atoms with Crippen LogP contribution in [-0.4, -0.2) is 23.8 Å². The van der Waals surface area contributed by atoms with Crippen LogP contribution in [0.15, 0.2) is 42.6 Å². The summed E-state index contributed by atoms with van der Waals surface area (Å²) in [5.41, 5.74) is 1.69. The van der Waals surface area contributed by atoms with Crippen LogP contribution in [0.2, 0.25) is 0 Å². The van der Waals surface area contributed by atoms with Crippen LogP contribution >= 0.6 is 0 Å². The average molecular weight is 371 g/mol. The minimum Gasteiger partial charge on any atom is -0.504 e. The van der Waals surface area contributed by atoms with Crippen molar-refractivity contribution in [3.8, 4) is 23.3 Å². The Hall–Kier alpha value is -3.60. The Morgan fingerprint density at radius 2 is 2.11 bits per heavy atom. The van der Waals surface area contributed by atoms with Gasteiger partial charge in [-0.05, 0) is 24.3 Å². The largest absolute Gasteiger partial charge is 0.504 e. The van der Waals surface area contributed by atoms with Gasteiger partial charge in [0.05, 0.1) is 23.9 Å². The molecule has 0 radical (unpaired) electrons. The smallest absolute Gasteiger partial charge is 0.387 e. The van der Waals surface area contributed by atoms with E-state index in [0.717, 1.165) is 0 Å². The number of halogens is 2. The fourth-order valence-electron chi connectivity index (χ4n) is 2.68. The lowest BCUT2D eigenvalue weighted by molar-refractivity contribution is -0.0497. The molecule has 2 N–H and O–H groups in total. The highest BCUT2D eigenvalue weighted by molar-refractivity contribution is 5.94. The summed E-state index contributed by atoms with van der Waals surface area (Å²) in [5, 5.41) is 23.1. The number of nitriles is 1. The van der Waals surface area contributed by atoms with E-state index in [-0.39, 0.29) is 23.6 Å². The Labute approximate surface area is 153 Å². The van der Waals surface area contributed by atoms with Crippen molar-refractivity contribution >= 4 is 16.6 Å². The van der Waals surface area contributed by atoms with Crippen LogP contribution < -0.4 is 14.8 Å². The lowest BCUT2D eigenvalue weighted by Crippen LogP contribution is -2.05. The summed E-state index contributed by atoms with van der Waals surface area (Å²) in [4.78, 5) is 4.16. The SMILES string of the molecule is COc1cccc(CNc2c(C#N)cnc3ccc(OC(F)F)cc23)c1O. The van der Waals surface area contributed by atoms with E-state index in [1.54, 1.807) is 18.2 Å². The molecule has 2 aromatic carbocycles. The molecule has 6 nitrogen and oxygen atoms in total. The molecule has 0 aliphatic rings. The number of aromatic hydroxyl groups is 1. The van der Waals surface area contributed by atoms with Crippen molar-refractivity contribution in [2.45, 2.75) is 13.2 Å². The predicted octanol–water partition coefficient (Wildman–Crippen LogP) is 4.03. The number of nitrogens with one attached hydrogen (secondary N) is 1. The average Bonchev–Trinajstić information content (AvgIpc) is 2.66. The van der Waals surface area contributed by atoms with E-state index in [4.69, 9.17) is 4.74 Å². The third-order valence-electron chi connectivity index (χ3n) is 3.94. The number of aromatic nitrogens is 1. The zero-order valence-corrected chi connectivity index (χ0v) is 14.2. The fourth-order valence-corrected chi connectivity index (χ4v) is 2.68. The molecule has 1 heterocycles. The second-order valence-electron chi connectivity index (χ2n) is 5.54. The van der Waals surface area contributed by atoms with Crippen LogP contribution in [0.25, 0.3) is 10.9 Å². The molecule has 0 aliphatic carbocycles. The number of benzene rings is 2. The summed E-state index contributed by atoms with van der Waals surface area (Å²) in [6.07, 6.45) is 1.39. The first-order chi connectivity index (χ1) is 13.0. The topological polar surface area (TPSA) is 87.4 Å². The van der Waals surface area contributed by atoms with Crippen LogP contribution in [-0.2, 0) is 6.54 Å². The van der Waals surface area contributed by atoms with Crippen molar-refractivity contribution in [2.24, 2.45) is 0 Å². The first kappa shape index (κ1) is 18.2. The Balaban J connectivity index is 2.00. The summed E-state index contributed by atoms with van der Waals surface area (Å²) >= 11 is 0. The van der Waals surface area contributed by atoms with E-state index < -0.39 is 6.61 Å². The summed E-state index contributed by atoms with van der Waals surface area (Å²) in [7, 11) is 1.45. The van der Waals surface area contributed by atoms with Crippen molar-refractivity contribution in [2.75, 3.05) is 12.4 Å². The maximum atomic E-state index is 12.5. The van der Waals surface area contributed by atoms with Gasteiger partial charge in [-0.2, -0.15) is 14.0 Å². The van der Waals surface area contributed by atoms with Gasteiger partial charge >= 0.3 is 6.61 Å². The molecule has 0 fully saturated rings. The molecule has 138 valence electrons. The van der Waals surface area contributed by atoms with Crippen molar-refractivity contribution in [1.29, 1.82) is 5.26 Å². The molecule has 1 aromatic heterocycles. The third kappa shape index (κ3) is 3.82. The normalized spacial score (nSPS) is 10.6. The molecule has 3 rings (SSSR count). The van der Waals surface area contributed by atoms with Crippen molar-refractivity contribution in [3.63, 3.8) is 0 Å². The molecule has 0 unspecified atom stereocenters. The van der Waals surface area contributed by atoms with Crippen LogP contribution in [0.3, 0.4) is 0 Å². The monoisotopic (exact) mass is 371 g/mol. The van der Waals surface area contributed by atoms with E-state index in [9.17, 15) is 19.1 Å². The minimum atomic E-state index is -2.96. The number of alkyl halides is 2. The number of anilines is 1. The predicted molar refractivity (Wildman–Crippen MR) is 95.1 cm³/mol. The first-order valence-corrected chi connectivity index (χ1v) is 7.90. The number of ether oxygens (including phenoxy) is 2. The summed E-state index contributed by atoms with van der Waals surface area (Å²) < 4.78 is 34.5. The summed E-state index contributed by atoms with van der Waals surface area (Å²) in [5.74, 6) is 0.259. The zero-order valence-electron chi connectivity index (χ0n) is 14.2. The molecule has 0 bridgehead atoms. The van der Waals surface area contributed by atoms with Crippen LogP contribution in [0.5, 0.6) is 17.2 Å². The van der Waals surface area contributed by atoms with Gasteiger partial charge in [-0.25, -0.2) is 0 Å². The molecule has 0 amide bonds. The Morgan fingerprint density at radius 3 is 2.81 bits per heavy atom. The molecule has 3 aromatic rings. The maximum absolute atomic E-state index is 12.5. The number of phenols is 1. The highest BCUT2D eigenvalue weighted by atomic mass is 19.3. The molecule has 0 saturated heterocycles. The lowest BCUT2D eigenvalue weighted by Gasteiger charge is -2.14. The second-order valence-corrected chi connectivity index (χ2v) is 5.54. The molecule has 27 heavy (non-hydrogen) atoms. The zero-order chi connectivity index (χ0) is 19.4. The van der Waals surface area contributed by atoms with Crippen LogP contribution in [0.1, 0.15) is 11.1 Å². The maximum Gasteiger partial charge on any atom is 0.387 e. The minimum absolute atomic E-state index is 0.0221. The van der Waals surface area contributed by atoms with Gasteiger partial charge in [0, 0.05) is 23.7 Å². The van der Waals surface area contributed by atoms with Gasteiger partial charge in [0.25, 0.3) is 0 Å². The van der Waals surface area contributed by atoms with Gasteiger partial charge in [0.15, 0.2) is 11.5 Å². The molecular weight excluding hydrogens is 356 g/mol. The van der Waals surface area contributed by atoms with Crippen LogP contribution in [0.4, 0.5) is 14.5 Å². The molecule has 0 saturated carbocycles. The fraction of sp³-hybridized carbons (Fsp3) is 0.158. The number of methoxy groups -OCH3 is 1. The van der Waals surface area contributed by atoms with Crippen molar-refractivity contribution < 1.29 is 23.4 Å². The van der Waals surface area contributed by atoms with Gasteiger partial charge in [-0.15, -0.1) is 0 Å². The van der Waals surface area contributed by atoms with Gasteiger partial charge in [0.1, 0.15) is 11.8 Å². The van der Waals surface area contributed by atoms with E-state index in [1.807, 2.05) is 6.07 Å². The number of pyridine rings is 1. The van der Waals surface area contributed by atoms with Gasteiger partial charge in [0.2, 0.25) is 0 Å². The van der Waals surface area contributed by atoms with Gasteiger partial charge < -0.3 is 19.9 Å². The number of hydrogen-bond donors (Lipinski definition) is 2. The Bertz CT molecular complexity index is 1020. The summed E-state index contributed by atoms with van der Waals surface area (Å²) in [6.45, 7) is -2.78. The standard InChI is InChI=1S/C19H15F2N3O3/c1-26-16-4-2-3-11(18(16)25)9-24-17-12(8-22)10-23-15-6-5-13(7-14(15)17)27-19(20)21/h2-7,10,19,25H,9H2,1H3,(H,23,24). The van der Waals surface area contributed by atoms with Crippen LogP contribution in [0, 0.1) is 11.3 Å². The third-order valence-corrected chi connectivity index (χ3v) is 3.94. The molecule has 0 spiro atoms. The first-order valence-electron chi connectivity index (χ1n) is 7.90. The molecular formula is C19H15F2N3O3. The van der Waals surface area contributed by atoms with E-state index in [1.165, 1.54) is 31.5 Å². The number of phenolic OH excluding ortho intramolecular Hbond substituents is 1. The van der Waals surface area contributed by atoms with Gasteiger partial charge in [-0.1, -0.05) is 12.1 Å². The highest BCUT2D eigenvalue weighted by Gasteiger charge is 2.13. The molecule has 0 atom stereocenters. The summed E-state index contributed by atoms with van der Waals surface area (Å²) in [6, 6.07) is 11.4. The van der Waals surface area contributed by atoms with E-state index in [2.05, 4.69) is 15.0 Å². The number of fused-ring (bicyclic) bond motifs is 1. The number of rotatable bonds is 6.